The van der Waals surface area contributed by atoms with Crippen LogP contribution in [0.4, 0.5) is 0 Å². The van der Waals surface area contributed by atoms with Crippen LogP contribution in [0.25, 0.3) is 0 Å². The predicted molar refractivity (Wildman–Crippen MR) is 106 cm³/mol. The van der Waals surface area contributed by atoms with E-state index in [9.17, 15) is 5.26 Å². The van der Waals surface area contributed by atoms with Crippen LogP contribution in [0.5, 0.6) is 0 Å². The number of nitriles is 1. The minimum absolute atomic E-state index is 0. The summed E-state index contributed by atoms with van der Waals surface area (Å²) in [6, 6.07) is 11.1. The van der Waals surface area contributed by atoms with E-state index in [1.165, 1.54) is 11.1 Å². The number of hydrogen-bond donors (Lipinski definition) is 1. The van der Waals surface area contributed by atoms with Crippen LogP contribution >= 0.6 is 24.8 Å². The summed E-state index contributed by atoms with van der Waals surface area (Å²) in [5.41, 5.74) is 2.09. The average molecular weight is 372 g/mol. The van der Waals surface area contributed by atoms with E-state index in [1.54, 1.807) is 0 Å². The lowest BCUT2D eigenvalue weighted by Crippen LogP contribution is -2.44. The van der Waals surface area contributed by atoms with Gasteiger partial charge in [0.25, 0.3) is 0 Å². The molecule has 0 amide bonds. The number of nitrogens with zero attached hydrogens (tertiary/aromatic N) is 2. The van der Waals surface area contributed by atoms with Crippen molar-refractivity contribution in [3.63, 3.8) is 0 Å². The Morgan fingerprint density at radius 3 is 2.38 bits per heavy atom. The number of piperazine rings is 1. The molecule has 24 heavy (non-hydrogen) atoms. The van der Waals surface area contributed by atoms with Crippen molar-refractivity contribution in [1.29, 1.82) is 5.26 Å². The van der Waals surface area contributed by atoms with E-state index in [0.29, 0.717) is 5.92 Å². The molecule has 1 N–H and O–H groups in total. The molecule has 1 aromatic carbocycles. The molecule has 0 radical (unpaired) electrons. The van der Waals surface area contributed by atoms with E-state index in [0.717, 1.165) is 45.6 Å². The maximum atomic E-state index is 9.99. The first-order chi connectivity index (χ1) is 10.6. The number of aryl methyl sites for hydroxylation is 1. The Morgan fingerprint density at radius 2 is 1.83 bits per heavy atom. The van der Waals surface area contributed by atoms with E-state index in [-0.39, 0.29) is 30.2 Å². The monoisotopic (exact) mass is 371 g/mol. The Labute approximate surface area is 159 Å². The molecule has 1 fully saturated rings. The second-order valence-corrected chi connectivity index (χ2v) is 6.75. The molecule has 1 atom stereocenters. The molecule has 5 heteroatoms. The van der Waals surface area contributed by atoms with Gasteiger partial charge in [-0.2, -0.15) is 5.26 Å². The molecule has 136 valence electrons. The highest BCUT2D eigenvalue weighted by molar-refractivity contribution is 5.85. The third-order valence-corrected chi connectivity index (χ3v) is 5.07. The fourth-order valence-electron chi connectivity index (χ4n) is 3.57. The van der Waals surface area contributed by atoms with Gasteiger partial charge in [-0.05, 0) is 43.4 Å². The van der Waals surface area contributed by atoms with Crippen LogP contribution < -0.4 is 5.32 Å². The standard InChI is InChI=1S/C19H29N3.2ClH/c1-16(2)19(15-20,18-8-5-4-7-17(18)3)9-6-12-22-13-10-21-11-14-22;;/h4-5,7-8,16,21H,6,9-14H2,1-3H3;2*1H. The van der Waals surface area contributed by atoms with Gasteiger partial charge in [-0.3, -0.25) is 0 Å². The summed E-state index contributed by atoms with van der Waals surface area (Å²) in [5.74, 6) is 0.321. The fourth-order valence-corrected chi connectivity index (χ4v) is 3.57. The summed E-state index contributed by atoms with van der Waals surface area (Å²) in [5, 5.41) is 13.4. The molecular formula is C19H31Cl2N3. The minimum atomic E-state index is -0.362. The van der Waals surface area contributed by atoms with Gasteiger partial charge in [-0.15, -0.1) is 24.8 Å². The third-order valence-electron chi connectivity index (χ3n) is 5.07. The predicted octanol–water partition coefficient (Wildman–Crippen LogP) is 3.94. The van der Waals surface area contributed by atoms with Crippen molar-refractivity contribution >= 4 is 24.8 Å². The minimum Gasteiger partial charge on any atom is -0.314 e. The summed E-state index contributed by atoms with van der Waals surface area (Å²) in [6.45, 7) is 12.0. The summed E-state index contributed by atoms with van der Waals surface area (Å²) >= 11 is 0. The zero-order valence-electron chi connectivity index (χ0n) is 15.0. The second kappa shape index (κ2) is 10.9. The van der Waals surface area contributed by atoms with Crippen molar-refractivity contribution in [2.45, 2.75) is 39.0 Å². The molecule has 1 aromatic rings. The highest BCUT2D eigenvalue weighted by atomic mass is 35.5. The van der Waals surface area contributed by atoms with Crippen molar-refractivity contribution < 1.29 is 0 Å². The maximum Gasteiger partial charge on any atom is 0.0848 e. The fraction of sp³-hybridized carbons (Fsp3) is 0.632. The number of hydrogen-bond acceptors (Lipinski definition) is 3. The van der Waals surface area contributed by atoms with Crippen LogP contribution in [0.2, 0.25) is 0 Å². The Bertz CT molecular complexity index is 522. The molecule has 0 spiro atoms. The van der Waals surface area contributed by atoms with Gasteiger partial charge < -0.3 is 10.2 Å². The number of nitrogens with one attached hydrogen (secondary N) is 1. The van der Waals surface area contributed by atoms with Gasteiger partial charge in [0, 0.05) is 26.2 Å². The molecule has 0 saturated carbocycles. The maximum absolute atomic E-state index is 9.99. The normalized spacial score (nSPS) is 17.3. The van der Waals surface area contributed by atoms with Crippen LogP contribution in [-0.4, -0.2) is 37.6 Å². The number of rotatable bonds is 6. The summed E-state index contributed by atoms with van der Waals surface area (Å²) in [6.07, 6.45) is 2.02. The van der Waals surface area contributed by atoms with E-state index in [1.807, 2.05) is 0 Å². The van der Waals surface area contributed by atoms with Crippen molar-refractivity contribution in [1.82, 2.24) is 10.2 Å². The lowest BCUT2D eigenvalue weighted by Gasteiger charge is -2.34. The highest BCUT2D eigenvalue weighted by Crippen LogP contribution is 2.38. The molecule has 3 nitrogen and oxygen atoms in total. The van der Waals surface area contributed by atoms with Gasteiger partial charge >= 0.3 is 0 Å². The average Bonchev–Trinajstić information content (AvgIpc) is 2.53. The number of halogens is 2. The Morgan fingerprint density at radius 1 is 1.21 bits per heavy atom. The van der Waals surface area contributed by atoms with Crippen LogP contribution in [-0.2, 0) is 5.41 Å². The third kappa shape index (κ3) is 5.36. The van der Waals surface area contributed by atoms with Crippen molar-refractivity contribution in [3.05, 3.63) is 35.4 Å². The molecule has 1 saturated heterocycles. The topological polar surface area (TPSA) is 39.1 Å². The van der Waals surface area contributed by atoms with Crippen LogP contribution in [0.15, 0.2) is 24.3 Å². The van der Waals surface area contributed by atoms with Crippen molar-refractivity contribution in [3.8, 4) is 6.07 Å². The van der Waals surface area contributed by atoms with E-state index in [2.05, 4.69) is 61.3 Å². The lowest BCUT2D eigenvalue weighted by atomic mass is 9.68. The van der Waals surface area contributed by atoms with Crippen molar-refractivity contribution in [2.75, 3.05) is 32.7 Å². The zero-order chi connectivity index (χ0) is 16.0. The van der Waals surface area contributed by atoms with Gasteiger partial charge in [-0.1, -0.05) is 38.1 Å². The van der Waals surface area contributed by atoms with Gasteiger partial charge in [0.15, 0.2) is 0 Å². The first kappa shape index (κ1) is 23.2. The van der Waals surface area contributed by atoms with Gasteiger partial charge in [-0.25, -0.2) is 0 Å². The van der Waals surface area contributed by atoms with Gasteiger partial charge in [0.05, 0.1) is 11.5 Å². The smallest absolute Gasteiger partial charge is 0.0848 e. The van der Waals surface area contributed by atoms with E-state index < -0.39 is 0 Å². The van der Waals surface area contributed by atoms with Crippen molar-refractivity contribution in [2.24, 2.45) is 5.92 Å². The summed E-state index contributed by atoms with van der Waals surface area (Å²) in [7, 11) is 0. The lowest BCUT2D eigenvalue weighted by molar-refractivity contribution is 0.225. The van der Waals surface area contributed by atoms with Gasteiger partial charge in [0.1, 0.15) is 0 Å². The van der Waals surface area contributed by atoms with Gasteiger partial charge in [0.2, 0.25) is 0 Å². The quantitative estimate of drug-likeness (QED) is 0.822. The first-order valence-corrected chi connectivity index (χ1v) is 8.50. The largest absolute Gasteiger partial charge is 0.314 e. The molecule has 0 bridgehead atoms. The molecule has 2 rings (SSSR count). The van der Waals surface area contributed by atoms with Crippen LogP contribution in [0.1, 0.15) is 37.8 Å². The number of benzene rings is 1. The summed E-state index contributed by atoms with van der Waals surface area (Å²) < 4.78 is 0. The highest BCUT2D eigenvalue weighted by Gasteiger charge is 2.36. The molecule has 1 aliphatic rings. The molecule has 0 aliphatic carbocycles. The Balaban J connectivity index is 0.00000264. The summed E-state index contributed by atoms with van der Waals surface area (Å²) in [4.78, 5) is 2.51. The molecule has 0 aromatic heterocycles. The zero-order valence-corrected chi connectivity index (χ0v) is 16.7. The SMILES string of the molecule is Cc1ccccc1C(C#N)(CCCN1CCNCC1)C(C)C.Cl.Cl. The Kier molecular flexibility index (Phi) is 10.6. The molecule has 1 unspecified atom stereocenters. The molecular weight excluding hydrogens is 341 g/mol. The van der Waals surface area contributed by atoms with Crippen LogP contribution in [0, 0.1) is 24.2 Å². The Hall–Kier alpha value is -0.790. The molecule has 1 heterocycles. The second-order valence-electron chi connectivity index (χ2n) is 6.75. The van der Waals surface area contributed by atoms with E-state index in [4.69, 9.17) is 0 Å². The van der Waals surface area contributed by atoms with E-state index >= 15 is 0 Å². The first-order valence-electron chi connectivity index (χ1n) is 8.50. The van der Waals surface area contributed by atoms with Crippen LogP contribution in [0.3, 0.4) is 0 Å². The molecule has 1 aliphatic heterocycles.